The lowest BCUT2D eigenvalue weighted by molar-refractivity contribution is -0.143. The fraction of sp³-hybridized carbons (Fsp3) is 0.143. The number of rotatable bonds is 8. The standard InChI is InChI=1S/C28H24O7/c1-16-2-4-17(5-3-16)12-20(28(33)34)13-21(29)9-6-18-7-11-24(31)27-22(18)15-26(35-27)19-8-10-23(30)25(32)14-19/h2-11,14-15,20,30-32H,12-13H2,1H3,(H,33,34)/b9-6+/t20-/m1/s1. The molecule has 0 aliphatic heterocycles. The molecule has 0 aliphatic carbocycles. The van der Waals surface area contributed by atoms with E-state index in [4.69, 9.17) is 4.42 Å². The van der Waals surface area contributed by atoms with Crippen LogP contribution in [-0.4, -0.2) is 32.2 Å². The summed E-state index contributed by atoms with van der Waals surface area (Å²) in [6.45, 7) is 1.95. The van der Waals surface area contributed by atoms with Gasteiger partial charge in [0, 0.05) is 17.4 Å². The van der Waals surface area contributed by atoms with Crippen molar-refractivity contribution in [1.82, 2.24) is 0 Å². The van der Waals surface area contributed by atoms with Gasteiger partial charge in [-0.25, -0.2) is 0 Å². The second-order valence-corrected chi connectivity index (χ2v) is 8.46. The number of aromatic hydroxyl groups is 3. The minimum Gasteiger partial charge on any atom is -0.504 e. The third-order valence-corrected chi connectivity index (χ3v) is 5.80. The van der Waals surface area contributed by atoms with Crippen molar-refractivity contribution in [3.8, 4) is 28.6 Å². The lowest BCUT2D eigenvalue weighted by atomic mass is 9.93. The Labute approximate surface area is 201 Å². The molecule has 0 spiro atoms. The number of aryl methyl sites for hydroxylation is 1. The quantitative estimate of drug-likeness (QED) is 0.198. The van der Waals surface area contributed by atoms with Crippen LogP contribution in [0.1, 0.15) is 23.1 Å². The predicted octanol–water partition coefficient (Wildman–Crippen LogP) is 5.44. The Morgan fingerprint density at radius 2 is 1.63 bits per heavy atom. The van der Waals surface area contributed by atoms with Crippen LogP contribution in [0.25, 0.3) is 28.4 Å². The first-order chi connectivity index (χ1) is 16.7. The number of ketones is 1. The molecule has 4 aromatic rings. The van der Waals surface area contributed by atoms with E-state index >= 15 is 0 Å². The number of carbonyl (C=O) groups is 2. The third kappa shape index (κ3) is 5.35. The zero-order valence-electron chi connectivity index (χ0n) is 18.9. The first kappa shape index (κ1) is 23.6. The van der Waals surface area contributed by atoms with Crippen LogP contribution in [0.4, 0.5) is 0 Å². The summed E-state index contributed by atoms with van der Waals surface area (Å²) in [5, 5.41) is 39.7. The summed E-state index contributed by atoms with van der Waals surface area (Å²) in [6.07, 6.45) is 2.99. The molecule has 3 aromatic carbocycles. The first-order valence-corrected chi connectivity index (χ1v) is 11.0. The largest absolute Gasteiger partial charge is 0.504 e. The number of carboxylic acid groups (broad SMARTS) is 1. The number of phenolic OH excluding ortho intramolecular Hbond substituents is 3. The van der Waals surface area contributed by atoms with Crippen molar-refractivity contribution in [1.29, 1.82) is 0 Å². The van der Waals surface area contributed by atoms with Gasteiger partial charge in [-0.1, -0.05) is 42.0 Å². The number of allylic oxidation sites excluding steroid dienone is 1. The molecule has 178 valence electrons. The third-order valence-electron chi connectivity index (χ3n) is 5.80. The minimum absolute atomic E-state index is 0.0956. The molecular weight excluding hydrogens is 448 g/mol. The summed E-state index contributed by atoms with van der Waals surface area (Å²) in [5.74, 6) is -2.54. The van der Waals surface area contributed by atoms with Crippen LogP contribution in [0.2, 0.25) is 0 Å². The maximum Gasteiger partial charge on any atom is 0.307 e. The highest BCUT2D eigenvalue weighted by Gasteiger charge is 2.21. The average Bonchev–Trinajstić information content (AvgIpc) is 3.28. The summed E-state index contributed by atoms with van der Waals surface area (Å²) in [4.78, 5) is 24.3. The summed E-state index contributed by atoms with van der Waals surface area (Å²) >= 11 is 0. The summed E-state index contributed by atoms with van der Waals surface area (Å²) in [7, 11) is 0. The molecule has 0 bridgehead atoms. The molecule has 0 saturated carbocycles. The summed E-state index contributed by atoms with van der Waals surface area (Å²) < 4.78 is 5.76. The number of aliphatic carboxylic acids is 1. The number of benzene rings is 3. The van der Waals surface area contributed by atoms with Gasteiger partial charge < -0.3 is 24.8 Å². The number of hydrogen-bond donors (Lipinski definition) is 4. The molecule has 35 heavy (non-hydrogen) atoms. The Balaban J connectivity index is 1.56. The van der Waals surface area contributed by atoms with Crippen molar-refractivity contribution in [2.45, 2.75) is 19.8 Å². The molecular formula is C28H24O7. The Morgan fingerprint density at radius 3 is 2.31 bits per heavy atom. The average molecular weight is 472 g/mol. The molecule has 1 aromatic heterocycles. The highest BCUT2D eigenvalue weighted by Crippen LogP contribution is 2.37. The first-order valence-electron chi connectivity index (χ1n) is 11.0. The van der Waals surface area contributed by atoms with Crippen LogP contribution in [-0.2, 0) is 16.0 Å². The topological polar surface area (TPSA) is 128 Å². The van der Waals surface area contributed by atoms with Crippen molar-refractivity contribution in [3.05, 3.63) is 83.4 Å². The van der Waals surface area contributed by atoms with Gasteiger partial charge in [0.05, 0.1) is 5.92 Å². The molecule has 0 saturated heterocycles. The molecule has 0 aliphatic rings. The maximum atomic E-state index is 12.6. The fourth-order valence-electron chi connectivity index (χ4n) is 3.84. The van der Waals surface area contributed by atoms with Gasteiger partial charge >= 0.3 is 5.97 Å². The van der Waals surface area contributed by atoms with E-state index in [-0.39, 0.29) is 41.5 Å². The fourth-order valence-corrected chi connectivity index (χ4v) is 3.84. The minimum atomic E-state index is -1.03. The number of carbonyl (C=O) groups excluding carboxylic acids is 1. The SMILES string of the molecule is Cc1ccc(C[C@H](CC(=O)/C=C/c2ccc(O)c3oc(-c4ccc(O)c(O)c4)cc23)C(=O)O)cc1. The Hall–Kier alpha value is -4.52. The molecule has 1 heterocycles. The van der Waals surface area contributed by atoms with Gasteiger partial charge in [0.2, 0.25) is 0 Å². The highest BCUT2D eigenvalue weighted by atomic mass is 16.4. The van der Waals surface area contributed by atoms with Gasteiger partial charge in [-0.15, -0.1) is 0 Å². The zero-order chi connectivity index (χ0) is 25.1. The van der Waals surface area contributed by atoms with Crippen molar-refractivity contribution < 1.29 is 34.4 Å². The smallest absolute Gasteiger partial charge is 0.307 e. The molecule has 0 fully saturated rings. The molecule has 1 atom stereocenters. The monoisotopic (exact) mass is 472 g/mol. The number of furan rings is 1. The molecule has 7 nitrogen and oxygen atoms in total. The molecule has 4 N–H and O–H groups in total. The van der Waals surface area contributed by atoms with Crippen LogP contribution in [0.3, 0.4) is 0 Å². The van der Waals surface area contributed by atoms with Gasteiger partial charge in [0.25, 0.3) is 0 Å². The van der Waals surface area contributed by atoms with Gasteiger partial charge in [-0.2, -0.15) is 0 Å². The highest BCUT2D eigenvalue weighted by molar-refractivity contribution is 6.00. The van der Waals surface area contributed by atoms with Crippen LogP contribution in [0, 0.1) is 12.8 Å². The van der Waals surface area contributed by atoms with E-state index in [2.05, 4.69) is 0 Å². The Morgan fingerprint density at radius 1 is 0.914 bits per heavy atom. The van der Waals surface area contributed by atoms with E-state index in [1.807, 2.05) is 31.2 Å². The van der Waals surface area contributed by atoms with E-state index in [9.17, 15) is 30.0 Å². The van der Waals surface area contributed by atoms with Crippen LogP contribution in [0.15, 0.2) is 71.2 Å². The van der Waals surface area contributed by atoms with Crippen LogP contribution >= 0.6 is 0 Å². The van der Waals surface area contributed by atoms with Crippen molar-refractivity contribution in [3.63, 3.8) is 0 Å². The van der Waals surface area contributed by atoms with Crippen LogP contribution in [0.5, 0.6) is 17.2 Å². The maximum absolute atomic E-state index is 12.6. The molecule has 0 unspecified atom stereocenters. The van der Waals surface area contributed by atoms with Gasteiger partial charge in [-0.3, -0.25) is 9.59 Å². The van der Waals surface area contributed by atoms with Gasteiger partial charge in [0.1, 0.15) is 5.76 Å². The van der Waals surface area contributed by atoms with E-state index in [0.29, 0.717) is 22.3 Å². The second kappa shape index (κ2) is 9.77. The number of fused-ring (bicyclic) bond motifs is 1. The van der Waals surface area contributed by atoms with Crippen molar-refractivity contribution in [2.75, 3.05) is 0 Å². The number of hydrogen-bond acceptors (Lipinski definition) is 6. The van der Waals surface area contributed by atoms with Crippen LogP contribution < -0.4 is 0 Å². The van der Waals surface area contributed by atoms with E-state index in [1.54, 1.807) is 24.3 Å². The number of phenols is 3. The second-order valence-electron chi connectivity index (χ2n) is 8.46. The van der Waals surface area contributed by atoms with Crippen molar-refractivity contribution in [2.24, 2.45) is 5.92 Å². The normalized spacial score (nSPS) is 12.3. The van der Waals surface area contributed by atoms with E-state index in [1.165, 1.54) is 24.3 Å². The lowest BCUT2D eigenvalue weighted by Gasteiger charge is -2.11. The van der Waals surface area contributed by atoms with E-state index < -0.39 is 11.9 Å². The predicted molar refractivity (Wildman–Crippen MR) is 131 cm³/mol. The Kier molecular flexibility index (Phi) is 6.59. The van der Waals surface area contributed by atoms with E-state index in [0.717, 1.165) is 11.1 Å². The zero-order valence-corrected chi connectivity index (χ0v) is 18.9. The Bertz CT molecular complexity index is 1430. The molecule has 0 radical (unpaired) electrons. The molecule has 0 amide bonds. The van der Waals surface area contributed by atoms with Crippen molar-refractivity contribution >= 4 is 28.8 Å². The summed E-state index contributed by atoms with van der Waals surface area (Å²) in [6, 6.07) is 16.5. The van der Waals surface area contributed by atoms with Gasteiger partial charge in [0.15, 0.2) is 28.6 Å². The van der Waals surface area contributed by atoms with Gasteiger partial charge in [-0.05, 0) is 60.9 Å². The summed E-state index contributed by atoms with van der Waals surface area (Å²) in [5.41, 5.74) is 3.21. The lowest BCUT2D eigenvalue weighted by Crippen LogP contribution is -2.19. The molecule has 4 rings (SSSR count). The molecule has 7 heteroatoms. The number of carboxylic acids is 1.